The van der Waals surface area contributed by atoms with Crippen molar-refractivity contribution in [1.82, 2.24) is 0 Å². The van der Waals surface area contributed by atoms with Crippen LogP contribution in [0, 0.1) is 12.3 Å². The van der Waals surface area contributed by atoms with E-state index in [1.54, 1.807) is 37.4 Å². The van der Waals surface area contributed by atoms with Crippen molar-refractivity contribution in [3.8, 4) is 18.1 Å². The molecule has 0 saturated carbocycles. The molecule has 3 aromatic carbocycles. The van der Waals surface area contributed by atoms with Gasteiger partial charge in [-0.05, 0) is 43.3 Å². The fourth-order valence-electron chi connectivity index (χ4n) is 3.98. The van der Waals surface area contributed by atoms with Crippen LogP contribution in [0.15, 0.2) is 65.6 Å². The number of hydrogen-bond donors (Lipinski definition) is 0. The van der Waals surface area contributed by atoms with E-state index in [9.17, 15) is 14.1 Å². The summed E-state index contributed by atoms with van der Waals surface area (Å²) >= 11 is -1.73. The van der Waals surface area contributed by atoms with E-state index >= 15 is 0 Å². The van der Waals surface area contributed by atoms with Crippen LogP contribution in [-0.4, -0.2) is 57.0 Å². The number of methoxy groups -OCH3 is 3. The molecule has 0 aliphatic heterocycles. The van der Waals surface area contributed by atoms with Gasteiger partial charge in [-0.25, -0.2) is 4.79 Å². The van der Waals surface area contributed by atoms with Gasteiger partial charge >= 0.3 is 11.9 Å². The van der Waals surface area contributed by atoms with Crippen molar-refractivity contribution in [3.63, 3.8) is 0 Å². The van der Waals surface area contributed by atoms with Gasteiger partial charge in [0.2, 0.25) is 0 Å². The molecule has 0 aliphatic rings. The number of terminal acetylenes is 1. The molecule has 0 amide bonds. The van der Waals surface area contributed by atoms with Crippen LogP contribution in [0.1, 0.15) is 13.3 Å². The van der Waals surface area contributed by atoms with Crippen LogP contribution < -0.4 is 13.9 Å². The summed E-state index contributed by atoms with van der Waals surface area (Å²) in [6.07, 6.45) is 5.83. The molecule has 9 heteroatoms. The average molecular weight is 523 g/mol. The van der Waals surface area contributed by atoms with Crippen LogP contribution in [0.2, 0.25) is 0 Å². The summed E-state index contributed by atoms with van der Waals surface area (Å²) in [7, 11) is 4.20. The number of anilines is 2. The Hall–Kier alpha value is -3.87. The smallest absolute Gasteiger partial charge is 0.330 e. The van der Waals surface area contributed by atoms with Gasteiger partial charge in [-0.3, -0.25) is 4.79 Å². The van der Waals surface area contributed by atoms with Crippen LogP contribution in [0.5, 0.6) is 5.75 Å². The maximum absolute atomic E-state index is 13.7. The Bertz CT molecular complexity index is 1270. The van der Waals surface area contributed by atoms with Crippen molar-refractivity contribution < 1.29 is 28.4 Å². The Morgan fingerprint density at radius 2 is 1.54 bits per heavy atom. The van der Waals surface area contributed by atoms with Gasteiger partial charge < -0.3 is 23.7 Å². The largest absolute Gasteiger partial charge is 0.588 e. The lowest BCUT2D eigenvalue weighted by atomic mass is 10.0. The second-order valence-electron chi connectivity index (χ2n) is 8.15. The van der Waals surface area contributed by atoms with Gasteiger partial charge in [0.1, 0.15) is 17.1 Å². The molecule has 194 valence electrons. The minimum Gasteiger partial charge on any atom is -0.588 e. The van der Waals surface area contributed by atoms with Crippen LogP contribution in [0.4, 0.5) is 11.4 Å². The molecule has 3 rings (SSSR count). The molecule has 0 aromatic heterocycles. The number of carbonyl (C=O) groups is 2. The van der Waals surface area contributed by atoms with Gasteiger partial charge in [0.15, 0.2) is 11.4 Å². The highest BCUT2D eigenvalue weighted by Gasteiger charge is 2.29. The fraction of sp³-hybridized carbons (Fsp3) is 0.286. The zero-order valence-corrected chi connectivity index (χ0v) is 22.1. The van der Waals surface area contributed by atoms with Gasteiger partial charge in [-0.15, -0.1) is 6.42 Å². The van der Waals surface area contributed by atoms with Crippen molar-refractivity contribution in [1.29, 1.82) is 0 Å². The molecule has 0 bridgehead atoms. The Morgan fingerprint density at radius 1 is 0.946 bits per heavy atom. The second kappa shape index (κ2) is 12.9. The summed E-state index contributed by atoms with van der Waals surface area (Å²) in [6.45, 7) is 1.94. The van der Waals surface area contributed by atoms with E-state index in [1.807, 2.05) is 42.2 Å². The van der Waals surface area contributed by atoms with E-state index < -0.39 is 17.3 Å². The standard InChI is InChI=1S/C28H30N2O6S/c1-6-17-29(20(2)18-27(31)35-4)25-15-16-26(24-10-8-7-9-23(24)25)30(19-28(32)36-5)37(33)22-13-11-21(34-3)12-14-22/h1,7-16,20H,17-19H2,2-5H3/t20-,37?/m0/s1. The SMILES string of the molecule is C#CCN(c1ccc(N(CC(=O)OC)[S+]([O-])c2ccc(OC)cc2)c2ccccc12)[C@@H](C)CC(=O)OC. The quantitative estimate of drug-likeness (QED) is 0.213. The minimum atomic E-state index is -1.73. The number of benzene rings is 3. The van der Waals surface area contributed by atoms with E-state index in [4.69, 9.17) is 20.6 Å². The van der Waals surface area contributed by atoms with E-state index in [-0.39, 0.29) is 31.5 Å². The molecule has 8 nitrogen and oxygen atoms in total. The third-order valence-corrected chi connectivity index (χ3v) is 7.30. The molecule has 2 atom stereocenters. The molecule has 37 heavy (non-hydrogen) atoms. The Morgan fingerprint density at radius 3 is 2.11 bits per heavy atom. The highest BCUT2D eigenvalue weighted by atomic mass is 32.2. The van der Waals surface area contributed by atoms with Gasteiger partial charge in [-0.1, -0.05) is 30.2 Å². The molecule has 1 unspecified atom stereocenters. The summed E-state index contributed by atoms with van der Waals surface area (Å²) in [4.78, 5) is 26.8. The lowest BCUT2D eigenvalue weighted by Crippen LogP contribution is -2.37. The summed E-state index contributed by atoms with van der Waals surface area (Å²) < 4.78 is 30.2. The Balaban J connectivity index is 2.12. The first-order valence-corrected chi connectivity index (χ1v) is 12.6. The Labute approximate surface area is 220 Å². The van der Waals surface area contributed by atoms with E-state index in [2.05, 4.69) is 5.92 Å². The summed E-state index contributed by atoms with van der Waals surface area (Å²) in [5.41, 5.74) is 1.39. The number of nitrogens with zero attached hydrogens (tertiary/aromatic N) is 2. The molecular formula is C28H30N2O6S. The van der Waals surface area contributed by atoms with E-state index in [1.165, 1.54) is 18.5 Å². The van der Waals surface area contributed by atoms with Crippen LogP contribution in [-0.2, 0) is 30.4 Å². The summed E-state index contributed by atoms with van der Waals surface area (Å²) in [6, 6.07) is 17.8. The zero-order chi connectivity index (χ0) is 26.9. The highest BCUT2D eigenvalue weighted by molar-refractivity contribution is 7.92. The molecule has 0 heterocycles. The number of rotatable bonds is 11. The molecule has 0 saturated heterocycles. The molecule has 3 aromatic rings. The maximum atomic E-state index is 13.7. The molecule has 0 spiro atoms. The minimum absolute atomic E-state index is 0.157. The molecular weight excluding hydrogens is 492 g/mol. The zero-order valence-electron chi connectivity index (χ0n) is 21.3. The normalized spacial score (nSPS) is 12.2. The lowest BCUT2D eigenvalue weighted by Gasteiger charge is -2.32. The molecule has 0 radical (unpaired) electrons. The second-order valence-corrected chi connectivity index (χ2v) is 9.56. The van der Waals surface area contributed by atoms with Crippen LogP contribution in [0.3, 0.4) is 0 Å². The number of hydrogen-bond acceptors (Lipinski definition) is 8. The predicted octanol–water partition coefficient (Wildman–Crippen LogP) is 3.94. The van der Waals surface area contributed by atoms with Crippen LogP contribution >= 0.6 is 0 Å². The predicted molar refractivity (Wildman–Crippen MR) is 145 cm³/mol. The van der Waals surface area contributed by atoms with Crippen molar-refractivity contribution in [2.45, 2.75) is 24.3 Å². The van der Waals surface area contributed by atoms with Gasteiger partial charge in [0.05, 0.1) is 40.0 Å². The summed E-state index contributed by atoms with van der Waals surface area (Å²) in [5, 5.41) is 1.59. The van der Waals surface area contributed by atoms with Crippen molar-refractivity contribution >= 4 is 45.4 Å². The average Bonchev–Trinajstić information content (AvgIpc) is 2.93. The first-order valence-electron chi connectivity index (χ1n) is 11.5. The first kappa shape index (κ1) is 27.7. The van der Waals surface area contributed by atoms with Crippen molar-refractivity contribution in [2.24, 2.45) is 0 Å². The highest BCUT2D eigenvalue weighted by Crippen LogP contribution is 2.37. The van der Waals surface area contributed by atoms with Crippen LogP contribution in [0.25, 0.3) is 10.8 Å². The third-order valence-electron chi connectivity index (χ3n) is 5.90. The summed E-state index contributed by atoms with van der Waals surface area (Å²) in [5.74, 6) is 2.43. The number of ether oxygens (including phenoxy) is 3. The van der Waals surface area contributed by atoms with E-state index in [0.717, 1.165) is 16.5 Å². The van der Waals surface area contributed by atoms with Gasteiger partial charge in [-0.2, -0.15) is 4.31 Å². The van der Waals surface area contributed by atoms with E-state index in [0.29, 0.717) is 16.3 Å². The van der Waals surface area contributed by atoms with Gasteiger partial charge in [0.25, 0.3) is 0 Å². The monoisotopic (exact) mass is 522 g/mol. The molecule has 0 N–H and O–H groups in total. The third kappa shape index (κ3) is 6.47. The topological polar surface area (TPSA) is 91.4 Å². The fourth-order valence-corrected chi connectivity index (χ4v) is 5.16. The number of fused-ring (bicyclic) bond motifs is 1. The number of carbonyl (C=O) groups excluding carboxylic acids is 2. The maximum Gasteiger partial charge on any atom is 0.330 e. The molecule has 0 aliphatic carbocycles. The molecule has 0 fully saturated rings. The van der Waals surface area contributed by atoms with Crippen molar-refractivity contribution in [2.75, 3.05) is 43.6 Å². The Kier molecular flexibility index (Phi) is 9.66. The first-order chi connectivity index (χ1) is 17.8. The van der Waals surface area contributed by atoms with Gasteiger partial charge in [0, 0.05) is 22.5 Å². The number of esters is 2. The van der Waals surface area contributed by atoms with Crippen molar-refractivity contribution in [3.05, 3.63) is 60.7 Å². The lowest BCUT2D eigenvalue weighted by molar-refractivity contribution is -0.141.